The number of hydrogen-bond donors (Lipinski definition) is 2. The smallest absolute Gasteiger partial charge is 0.272 e. The lowest BCUT2D eigenvalue weighted by atomic mass is 10.1. The summed E-state index contributed by atoms with van der Waals surface area (Å²) in [7, 11) is 0. The first kappa shape index (κ1) is 12.8. The molecule has 98 valence electrons. The van der Waals surface area contributed by atoms with Crippen molar-refractivity contribution in [1.29, 1.82) is 0 Å². The minimum absolute atomic E-state index is 0.00908. The fourth-order valence-electron chi connectivity index (χ4n) is 1.66. The lowest BCUT2D eigenvalue weighted by molar-refractivity contribution is 0.112. The van der Waals surface area contributed by atoms with E-state index in [1.165, 1.54) is 18.2 Å². The van der Waals surface area contributed by atoms with E-state index >= 15 is 0 Å². The Balaban J connectivity index is 2.38. The van der Waals surface area contributed by atoms with Gasteiger partial charge in [0.1, 0.15) is 11.4 Å². The Kier molecular flexibility index (Phi) is 3.33. The third kappa shape index (κ3) is 2.08. The van der Waals surface area contributed by atoms with Crippen LogP contribution in [0.1, 0.15) is 17.3 Å². The molecule has 2 aromatic rings. The Morgan fingerprint density at radius 1 is 1.32 bits per heavy atom. The van der Waals surface area contributed by atoms with Gasteiger partial charge in [0, 0.05) is 0 Å². The summed E-state index contributed by atoms with van der Waals surface area (Å²) in [4.78, 5) is 33.4. The number of anilines is 2. The summed E-state index contributed by atoms with van der Waals surface area (Å²) in [5, 5.41) is 12.4. The van der Waals surface area contributed by atoms with Crippen molar-refractivity contribution in [3.05, 3.63) is 44.2 Å². The van der Waals surface area contributed by atoms with Gasteiger partial charge in [-0.2, -0.15) is 0 Å². The lowest BCUT2D eigenvalue weighted by Gasteiger charge is -2.14. The SMILES string of the molecule is CCOc1c(Nc2cccc(C=O)c2O)c(=O)c1=O. The van der Waals surface area contributed by atoms with Crippen LogP contribution in [0.2, 0.25) is 0 Å². The minimum atomic E-state index is -0.709. The Bertz CT molecular complexity index is 697. The maximum absolute atomic E-state index is 11.4. The van der Waals surface area contributed by atoms with Gasteiger partial charge in [0.15, 0.2) is 12.0 Å². The second-order valence-corrected chi connectivity index (χ2v) is 3.78. The van der Waals surface area contributed by atoms with Gasteiger partial charge in [-0.25, -0.2) is 0 Å². The molecular formula is C13H11NO5. The maximum Gasteiger partial charge on any atom is 0.272 e. The van der Waals surface area contributed by atoms with Crippen LogP contribution in [0.5, 0.6) is 11.5 Å². The molecule has 0 saturated carbocycles. The Morgan fingerprint density at radius 3 is 2.68 bits per heavy atom. The molecule has 6 heteroatoms. The minimum Gasteiger partial charge on any atom is -0.505 e. The van der Waals surface area contributed by atoms with Crippen LogP contribution in [0.15, 0.2) is 27.8 Å². The first-order chi connectivity index (χ1) is 9.10. The molecule has 0 aliphatic heterocycles. The van der Waals surface area contributed by atoms with Crippen molar-refractivity contribution in [2.24, 2.45) is 0 Å². The third-order valence-electron chi connectivity index (χ3n) is 2.61. The highest BCUT2D eigenvalue weighted by atomic mass is 16.5. The molecule has 0 aliphatic rings. The molecule has 6 nitrogen and oxygen atoms in total. The highest BCUT2D eigenvalue weighted by Crippen LogP contribution is 2.31. The van der Waals surface area contributed by atoms with E-state index in [0.717, 1.165) is 0 Å². The fourth-order valence-corrected chi connectivity index (χ4v) is 1.66. The summed E-state index contributed by atoms with van der Waals surface area (Å²) in [6, 6.07) is 4.45. The monoisotopic (exact) mass is 261 g/mol. The van der Waals surface area contributed by atoms with E-state index in [4.69, 9.17) is 4.74 Å². The van der Waals surface area contributed by atoms with Gasteiger partial charge in [0.05, 0.1) is 17.9 Å². The molecule has 2 aromatic carbocycles. The van der Waals surface area contributed by atoms with Gasteiger partial charge < -0.3 is 15.2 Å². The van der Waals surface area contributed by atoms with Gasteiger partial charge >= 0.3 is 0 Å². The highest BCUT2D eigenvalue weighted by Gasteiger charge is 2.23. The zero-order valence-corrected chi connectivity index (χ0v) is 10.1. The lowest BCUT2D eigenvalue weighted by Crippen LogP contribution is -2.35. The summed E-state index contributed by atoms with van der Waals surface area (Å²) in [5.74, 6) is -0.337. The van der Waals surface area contributed by atoms with Crippen molar-refractivity contribution < 1.29 is 14.6 Å². The van der Waals surface area contributed by atoms with E-state index < -0.39 is 10.9 Å². The molecule has 0 radical (unpaired) electrons. The summed E-state index contributed by atoms with van der Waals surface area (Å²) in [6.07, 6.45) is 0.492. The van der Waals surface area contributed by atoms with Gasteiger partial charge in [0.2, 0.25) is 0 Å². The van der Waals surface area contributed by atoms with Gasteiger partial charge in [-0.3, -0.25) is 14.4 Å². The number of rotatable bonds is 5. The molecule has 0 atom stereocenters. The standard InChI is InChI=1S/C13H11NO5/c1-2-19-13-9(11(17)12(13)18)14-8-5-3-4-7(6-15)10(8)16/h3-6,14,16H,2H2,1H3. The van der Waals surface area contributed by atoms with Gasteiger partial charge in [-0.1, -0.05) is 6.07 Å². The van der Waals surface area contributed by atoms with E-state index in [9.17, 15) is 19.5 Å². The van der Waals surface area contributed by atoms with E-state index in [1.54, 1.807) is 6.92 Å². The van der Waals surface area contributed by atoms with E-state index in [0.29, 0.717) is 6.29 Å². The first-order valence-electron chi connectivity index (χ1n) is 5.60. The van der Waals surface area contributed by atoms with Crippen molar-refractivity contribution >= 4 is 17.7 Å². The predicted octanol–water partition coefficient (Wildman–Crippen LogP) is 0.943. The molecule has 0 unspecified atom stereocenters. The van der Waals surface area contributed by atoms with Crippen molar-refractivity contribution in [2.45, 2.75) is 6.92 Å². The van der Waals surface area contributed by atoms with Crippen molar-refractivity contribution in [2.75, 3.05) is 11.9 Å². The average molecular weight is 261 g/mol. The third-order valence-corrected chi connectivity index (χ3v) is 2.61. The number of aldehydes is 1. The first-order valence-corrected chi connectivity index (χ1v) is 5.60. The molecule has 0 amide bonds. The number of ether oxygens (including phenoxy) is 1. The Labute approximate surface area is 108 Å². The van der Waals surface area contributed by atoms with E-state index in [2.05, 4.69) is 5.32 Å². The fraction of sp³-hybridized carbons (Fsp3) is 0.154. The molecule has 0 heterocycles. The number of phenols is 1. The molecule has 0 aromatic heterocycles. The summed E-state index contributed by atoms with van der Waals surface area (Å²) in [6.45, 7) is 1.94. The molecule has 0 spiro atoms. The van der Waals surface area contributed by atoms with Crippen molar-refractivity contribution in [3.8, 4) is 11.5 Å². The summed E-state index contributed by atoms with van der Waals surface area (Å²) in [5.41, 5.74) is -1.17. The van der Waals surface area contributed by atoms with Gasteiger partial charge in [-0.15, -0.1) is 0 Å². The average Bonchev–Trinajstić information content (AvgIpc) is 2.43. The second kappa shape index (κ2) is 4.93. The van der Waals surface area contributed by atoms with Crippen LogP contribution in [-0.4, -0.2) is 18.0 Å². The van der Waals surface area contributed by atoms with Crippen LogP contribution >= 0.6 is 0 Å². The van der Waals surface area contributed by atoms with Gasteiger partial charge in [0.25, 0.3) is 10.9 Å². The quantitative estimate of drug-likeness (QED) is 0.473. The van der Waals surface area contributed by atoms with E-state index in [-0.39, 0.29) is 35.0 Å². The van der Waals surface area contributed by atoms with Crippen LogP contribution in [0.3, 0.4) is 0 Å². The van der Waals surface area contributed by atoms with E-state index in [1.807, 2.05) is 0 Å². The van der Waals surface area contributed by atoms with Crippen LogP contribution < -0.4 is 20.9 Å². The topological polar surface area (TPSA) is 92.7 Å². The number of hydrogen-bond acceptors (Lipinski definition) is 6. The number of aromatic hydroxyl groups is 1. The summed E-state index contributed by atoms with van der Waals surface area (Å²) >= 11 is 0. The Morgan fingerprint density at radius 2 is 2.05 bits per heavy atom. The number of para-hydroxylation sites is 1. The number of nitrogens with one attached hydrogen (secondary N) is 1. The molecule has 0 saturated heterocycles. The highest BCUT2D eigenvalue weighted by molar-refractivity contribution is 5.85. The molecule has 2 N–H and O–H groups in total. The Hall–Kier alpha value is -2.63. The predicted molar refractivity (Wildman–Crippen MR) is 69.3 cm³/mol. The zero-order chi connectivity index (χ0) is 14.0. The number of benzene rings is 1. The molecule has 19 heavy (non-hydrogen) atoms. The normalized spacial score (nSPS) is 10.4. The van der Waals surface area contributed by atoms with Crippen LogP contribution in [0, 0.1) is 0 Å². The van der Waals surface area contributed by atoms with Crippen LogP contribution in [0.25, 0.3) is 0 Å². The number of carbonyl (C=O) groups excluding carboxylic acids is 1. The van der Waals surface area contributed by atoms with Crippen LogP contribution in [0.4, 0.5) is 11.4 Å². The van der Waals surface area contributed by atoms with Crippen molar-refractivity contribution in [3.63, 3.8) is 0 Å². The van der Waals surface area contributed by atoms with Crippen LogP contribution in [-0.2, 0) is 0 Å². The zero-order valence-electron chi connectivity index (χ0n) is 10.1. The summed E-state index contributed by atoms with van der Waals surface area (Å²) < 4.78 is 5.04. The maximum atomic E-state index is 11.4. The second-order valence-electron chi connectivity index (χ2n) is 3.78. The number of carbonyl (C=O) groups is 1. The largest absolute Gasteiger partial charge is 0.505 e. The molecule has 0 aliphatic carbocycles. The molecule has 0 bridgehead atoms. The van der Waals surface area contributed by atoms with Crippen molar-refractivity contribution in [1.82, 2.24) is 0 Å². The van der Waals surface area contributed by atoms with Gasteiger partial charge in [-0.05, 0) is 19.1 Å². The molecular weight excluding hydrogens is 250 g/mol. The number of phenolic OH excluding ortho intramolecular Hbond substituents is 1. The molecule has 0 fully saturated rings. The molecule has 2 rings (SSSR count).